The molecule has 0 saturated heterocycles. The van der Waals surface area contributed by atoms with Crippen molar-refractivity contribution < 1.29 is 14.3 Å². The molecule has 2 aromatic rings. The summed E-state index contributed by atoms with van der Waals surface area (Å²) in [6.07, 6.45) is 0.607. The zero-order chi connectivity index (χ0) is 13.8. The summed E-state index contributed by atoms with van der Waals surface area (Å²) in [7, 11) is 0. The molecule has 1 atom stereocenters. The first kappa shape index (κ1) is 13.6. The lowest BCUT2D eigenvalue weighted by Crippen LogP contribution is -2.37. The molecule has 0 radical (unpaired) electrons. The molecule has 19 heavy (non-hydrogen) atoms. The Bertz CT molecular complexity index is 526. The van der Waals surface area contributed by atoms with Gasteiger partial charge in [-0.25, -0.2) is 0 Å². The summed E-state index contributed by atoms with van der Waals surface area (Å²) >= 11 is 0. The molecule has 0 bridgehead atoms. The van der Waals surface area contributed by atoms with E-state index in [1.54, 1.807) is 0 Å². The van der Waals surface area contributed by atoms with Gasteiger partial charge < -0.3 is 9.52 Å². The van der Waals surface area contributed by atoms with E-state index in [4.69, 9.17) is 9.52 Å². The minimum Gasteiger partial charge on any atom is -0.480 e. The number of carbonyl (C=O) groups is 1. The molecule has 0 amide bonds. The van der Waals surface area contributed by atoms with Crippen molar-refractivity contribution in [2.45, 2.75) is 32.9 Å². The van der Waals surface area contributed by atoms with E-state index in [0.717, 1.165) is 16.7 Å². The minimum absolute atomic E-state index is 0.337. The Labute approximate surface area is 112 Å². The number of fused-ring (bicyclic) bond motifs is 1. The molecule has 4 nitrogen and oxygen atoms in total. The summed E-state index contributed by atoms with van der Waals surface area (Å²) in [4.78, 5) is 11.1. The molecule has 0 saturated carbocycles. The van der Waals surface area contributed by atoms with Crippen LogP contribution in [0.25, 0.3) is 11.0 Å². The Morgan fingerprint density at radius 3 is 2.74 bits per heavy atom. The molecule has 0 aliphatic rings. The van der Waals surface area contributed by atoms with Crippen molar-refractivity contribution in [2.75, 3.05) is 0 Å². The molecule has 102 valence electrons. The predicted molar refractivity (Wildman–Crippen MR) is 73.9 cm³/mol. The third-order valence-electron chi connectivity index (χ3n) is 3.00. The van der Waals surface area contributed by atoms with Gasteiger partial charge in [0, 0.05) is 5.39 Å². The van der Waals surface area contributed by atoms with Crippen LogP contribution >= 0.6 is 0 Å². The van der Waals surface area contributed by atoms with E-state index in [0.29, 0.717) is 18.9 Å². The summed E-state index contributed by atoms with van der Waals surface area (Å²) in [5.41, 5.74) is 0.829. The SMILES string of the molecule is CC(C)C[C@@H](NCc1cc2ccccc2o1)C(=O)O. The fraction of sp³-hybridized carbons (Fsp3) is 0.400. The van der Waals surface area contributed by atoms with E-state index >= 15 is 0 Å². The maximum absolute atomic E-state index is 11.1. The number of para-hydroxylation sites is 1. The summed E-state index contributed by atoms with van der Waals surface area (Å²) in [5, 5.41) is 13.2. The lowest BCUT2D eigenvalue weighted by atomic mass is 10.0. The third kappa shape index (κ3) is 3.58. The number of aliphatic carboxylic acids is 1. The minimum atomic E-state index is -0.815. The molecule has 1 heterocycles. The number of carboxylic acid groups (broad SMARTS) is 1. The molecule has 2 rings (SSSR count). The Hall–Kier alpha value is -1.81. The van der Waals surface area contributed by atoms with Gasteiger partial charge in [-0.3, -0.25) is 10.1 Å². The van der Waals surface area contributed by atoms with Gasteiger partial charge in [-0.15, -0.1) is 0 Å². The van der Waals surface area contributed by atoms with Crippen LogP contribution in [-0.4, -0.2) is 17.1 Å². The predicted octanol–water partition coefficient (Wildman–Crippen LogP) is 3.02. The molecule has 4 heteroatoms. The van der Waals surface area contributed by atoms with E-state index < -0.39 is 12.0 Å². The summed E-state index contributed by atoms with van der Waals surface area (Å²) in [5.74, 6) is 0.283. The van der Waals surface area contributed by atoms with Crippen LogP contribution in [0.2, 0.25) is 0 Å². The van der Waals surface area contributed by atoms with E-state index in [1.165, 1.54) is 0 Å². The van der Waals surface area contributed by atoms with Crippen LogP contribution in [0.1, 0.15) is 26.0 Å². The Balaban J connectivity index is 2.02. The topological polar surface area (TPSA) is 62.5 Å². The average molecular weight is 261 g/mol. The van der Waals surface area contributed by atoms with Gasteiger partial charge in [0.25, 0.3) is 0 Å². The summed E-state index contributed by atoms with van der Waals surface area (Å²) in [6, 6.07) is 9.16. The molecule has 1 aromatic heterocycles. The lowest BCUT2D eigenvalue weighted by Gasteiger charge is -2.15. The van der Waals surface area contributed by atoms with Crippen LogP contribution in [-0.2, 0) is 11.3 Å². The van der Waals surface area contributed by atoms with Crippen molar-refractivity contribution in [2.24, 2.45) is 5.92 Å². The van der Waals surface area contributed by atoms with Crippen LogP contribution < -0.4 is 5.32 Å². The highest BCUT2D eigenvalue weighted by molar-refractivity contribution is 5.77. The fourth-order valence-electron chi connectivity index (χ4n) is 2.09. The lowest BCUT2D eigenvalue weighted by molar-refractivity contribution is -0.140. The highest BCUT2D eigenvalue weighted by atomic mass is 16.4. The van der Waals surface area contributed by atoms with Gasteiger partial charge in [0.2, 0.25) is 0 Å². The second-order valence-electron chi connectivity index (χ2n) is 5.15. The molecule has 0 aliphatic heterocycles. The van der Waals surface area contributed by atoms with Gasteiger partial charge in [-0.1, -0.05) is 32.0 Å². The van der Waals surface area contributed by atoms with Crippen LogP contribution in [0, 0.1) is 5.92 Å². The monoisotopic (exact) mass is 261 g/mol. The maximum atomic E-state index is 11.1. The van der Waals surface area contributed by atoms with Crippen molar-refractivity contribution >= 4 is 16.9 Å². The largest absolute Gasteiger partial charge is 0.480 e. The van der Waals surface area contributed by atoms with Gasteiger partial charge in [-0.2, -0.15) is 0 Å². The second kappa shape index (κ2) is 5.89. The molecule has 0 spiro atoms. The molecular formula is C15H19NO3. The number of rotatable bonds is 6. The summed E-state index contributed by atoms with van der Waals surface area (Å²) in [6.45, 7) is 4.45. The zero-order valence-corrected chi connectivity index (χ0v) is 11.2. The van der Waals surface area contributed by atoms with Crippen molar-refractivity contribution in [3.05, 3.63) is 36.1 Å². The molecule has 1 aromatic carbocycles. The fourth-order valence-corrected chi connectivity index (χ4v) is 2.09. The molecule has 0 unspecified atom stereocenters. The Morgan fingerprint density at radius 1 is 1.37 bits per heavy atom. The number of nitrogens with one attached hydrogen (secondary N) is 1. The molecule has 2 N–H and O–H groups in total. The highest BCUT2D eigenvalue weighted by Gasteiger charge is 2.18. The Morgan fingerprint density at radius 2 is 2.11 bits per heavy atom. The van der Waals surface area contributed by atoms with Gasteiger partial charge in [0.15, 0.2) is 0 Å². The number of hydrogen-bond donors (Lipinski definition) is 2. The van der Waals surface area contributed by atoms with Gasteiger partial charge in [-0.05, 0) is 24.5 Å². The van der Waals surface area contributed by atoms with Gasteiger partial charge in [0.05, 0.1) is 6.54 Å². The van der Waals surface area contributed by atoms with Crippen LogP contribution in [0.3, 0.4) is 0 Å². The van der Waals surface area contributed by atoms with Crippen molar-refractivity contribution in [1.82, 2.24) is 5.32 Å². The van der Waals surface area contributed by atoms with E-state index in [-0.39, 0.29) is 0 Å². The second-order valence-corrected chi connectivity index (χ2v) is 5.15. The zero-order valence-electron chi connectivity index (χ0n) is 11.2. The Kier molecular flexibility index (Phi) is 4.22. The summed E-state index contributed by atoms with van der Waals surface area (Å²) < 4.78 is 5.65. The number of hydrogen-bond acceptors (Lipinski definition) is 3. The number of furan rings is 1. The first-order valence-corrected chi connectivity index (χ1v) is 6.50. The average Bonchev–Trinajstić information content (AvgIpc) is 2.76. The highest BCUT2D eigenvalue weighted by Crippen LogP contribution is 2.18. The first-order chi connectivity index (χ1) is 9.06. The quantitative estimate of drug-likeness (QED) is 0.839. The first-order valence-electron chi connectivity index (χ1n) is 6.50. The molecule has 0 aliphatic carbocycles. The normalized spacial score (nSPS) is 13.0. The van der Waals surface area contributed by atoms with E-state index in [2.05, 4.69) is 5.32 Å². The number of benzene rings is 1. The standard InChI is InChI=1S/C15H19NO3/c1-10(2)7-13(15(17)18)16-9-12-8-11-5-3-4-6-14(11)19-12/h3-6,8,10,13,16H,7,9H2,1-2H3,(H,17,18)/t13-/m1/s1. The van der Waals surface area contributed by atoms with Crippen molar-refractivity contribution in [3.63, 3.8) is 0 Å². The van der Waals surface area contributed by atoms with E-state index in [1.807, 2.05) is 44.2 Å². The van der Waals surface area contributed by atoms with Crippen molar-refractivity contribution in [3.8, 4) is 0 Å². The van der Waals surface area contributed by atoms with Gasteiger partial charge >= 0.3 is 5.97 Å². The van der Waals surface area contributed by atoms with Crippen molar-refractivity contribution in [1.29, 1.82) is 0 Å². The molecular weight excluding hydrogens is 242 g/mol. The van der Waals surface area contributed by atoms with Crippen LogP contribution in [0.4, 0.5) is 0 Å². The smallest absolute Gasteiger partial charge is 0.320 e. The third-order valence-corrected chi connectivity index (χ3v) is 3.00. The molecule has 0 fully saturated rings. The maximum Gasteiger partial charge on any atom is 0.320 e. The van der Waals surface area contributed by atoms with Crippen LogP contribution in [0.15, 0.2) is 34.7 Å². The van der Waals surface area contributed by atoms with E-state index in [9.17, 15) is 4.79 Å². The number of carboxylic acids is 1. The van der Waals surface area contributed by atoms with Gasteiger partial charge in [0.1, 0.15) is 17.4 Å². The van der Waals surface area contributed by atoms with Crippen LogP contribution in [0.5, 0.6) is 0 Å².